The molecule has 4 aromatic rings. The Bertz CT molecular complexity index is 1500. The quantitative estimate of drug-likeness (QED) is 0.189. The van der Waals surface area contributed by atoms with Crippen LogP contribution in [0.5, 0.6) is 17.2 Å². The normalized spacial score (nSPS) is 11.2. The van der Waals surface area contributed by atoms with Gasteiger partial charge in [0.2, 0.25) is 0 Å². The molecule has 0 aliphatic heterocycles. The Morgan fingerprint density at radius 2 is 1.74 bits per heavy atom. The van der Waals surface area contributed by atoms with Crippen molar-refractivity contribution in [3.8, 4) is 17.2 Å². The van der Waals surface area contributed by atoms with Gasteiger partial charge in [-0.3, -0.25) is 14.9 Å². The van der Waals surface area contributed by atoms with Crippen LogP contribution in [-0.2, 0) is 12.8 Å². The van der Waals surface area contributed by atoms with Crippen LogP contribution in [0.4, 0.5) is 24.5 Å². The molecule has 1 N–H and O–H groups in total. The molecular weight excluding hydrogens is 505 g/mol. The standard InChI is InChI=1S/C27H21F3N2O6/c1-16-6-7-21(10-17(16)2)36-15-23-8-9-25(38-23)26(33)31-19-12-20(32(34)35)14-24(13-19)37-22-5-3-4-18(11-22)27(28,29)30/h3-14H,15H2,1-2H3,(H,31,33). The van der Waals surface area contributed by atoms with Crippen LogP contribution in [0.1, 0.15) is 33.0 Å². The Kier molecular flexibility index (Phi) is 7.38. The van der Waals surface area contributed by atoms with Crippen molar-refractivity contribution in [2.24, 2.45) is 0 Å². The molecule has 38 heavy (non-hydrogen) atoms. The summed E-state index contributed by atoms with van der Waals surface area (Å²) in [5.41, 5.74) is 0.792. The van der Waals surface area contributed by atoms with Crippen LogP contribution < -0.4 is 14.8 Å². The van der Waals surface area contributed by atoms with Crippen molar-refractivity contribution in [1.29, 1.82) is 0 Å². The average Bonchev–Trinajstić information content (AvgIpc) is 3.33. The lowest BCUT2D eigenvalue weighted by Crippen LogP contribution is -2.11. The lowest BCUT2D eigenvalue weighted by atomic mass is 10.1. The van der Waals surface area contributed by atoms with Crippen molar-refractivity contribution < 1.29 is 36.8 Å². The van der Waals surface area contributed by atoms with Crippen molar-refractivity contribution in [3.05, 3.63) is 111 Å². The Morgan fingerprint density at radius 3 is 2.45 bits per heavy atom. The van der Waals surface area contributed by atoms with Crippen molar-refractivity contribution in [2.75, 3.05) is 5.32 Å². The summed E-state index contributed by atoms with van der Waals surface area (Å²) < 4.78 is 55.7. The van der Waals surface area contributed by atoms with Crippen LogP contribution in [0.15, 0.2) is 77.2 Å². The number of non-ortho nitro benzene ring substituents is 1. The van der Waals surface area contributed by atoms with Crippen LogP contribution in [0, 0.1) is 24.0 Å². The topological polar surface area (TPSA) is 104 Å². The number of hydrogen-bond donors (Lipinski definition) is 1. The SMILES string of the molecule is Cc1ccc(OCc2ccc(C(=O)Nc3cc(Oc4cccc(C(F)(F)F)c4)cc([N+](=O)[O-])c3)o2)cc1C. The van der Waals surface area contributed by atoms with Gasteiger partial charge in [-0.05, 0) is 67.4 Å². The summed E-state index contributed by atoms with van der Waals surface area (Å²) in [4.78, 5) is 23.4. The molecular formula is C27H21F3N2O6. The number of alkyl halides is 3. The molecule has 0 aliphatic rings. The van der Waals surface area contributed by atoms with Gasteiger partial charge in [0.25, 0.3) is 11.6 Å². The fourth-order valence-electron chi connectivity index (χ4n) is 3.42. The number of amides is 1. The number of rotatable bonds is 8. The Morgan fingerprint density at radius 1 is 0.947 bits per heavy atom. The number of carbonyl (C=O) groups is 1. The van der Waals surface area contributed by atoms with Crippen LogP contribution >= 0.6 is 0 Å². The third kappa shape index (κ3) is 6.49. The highest BCUT2D eigenvalue weighted by Gasteiger charge is 2.30. The molecule has 0 atom stereocenters. The molecule has 0 saturated carbocycles. The maximum absolute atomic E-state index is 13.0. The lowest BCUT2D eigenvalue weighted by Gasteiger charge is -2.11. The number of furan rings is 1. The largest absolute Gasteiger partial charge is 0.486 e. The number of halogens is 3. The van der Waals surface area contributed by atoms with Gasteiger partial charge < -0.3 is 19.2 Å². The number of nitro groups is 1. The van der Waals surface area contributed by atoms with Crippen LogP contribution in [0.2, 0.25) is 0 Å². The van der Waals surface area contributed by atoms with Gasteiger partial charge in [0.15, 0.2) is 5.76 Å². The van der Waals surface area contributed by atoms with E-state index in [-0.39, 0.29) is 29.6 Å². The summed E-state index contributed by atoms with van der Waals surface area (Å²) in [6.07, 6.45) is -4.59. The molecule has 196 valence electrons. The molecule has 4 rings (SSSR count). The van der Waals surface area contributed by atoms with Crippen LogP contribution in [-0.4, -0.2) is 10.8 Å². The minimum Gasteiger partial charge on any atom is -0.486 e. The smallest absolute Gasteiger partial charge is 0.416 e. The predicted octanol–water partition coefficient (Wildman–Crippen LogP) is 7.45. The zero-order chi connectivity index (χ0) is 27.4. The molecule has 8 nitrogen and oxygen atoms in total. The number of nitrogens with one attached hydrogen (secondary N) is 1. The van der Waals surface area contributed by atoms with E-state index in [9.17, 15) is 28.1 Å². The zero-order valence-electron chi connectivity index (χ0n) is 20.2. The third-order valence-electron chi connectivity index (χ3n) is 5.50. The number of hydrogen-bond acceptors (Lipinski definition) is 6. The summed E-state index contributed by atoms with van der Waals surface area (Å²) in [6, 6.07) is 16.0. The Balaban J connectivity index is 1.47. The van der Waals surface area contributed by atoms with Crippen molar-refractivity contribution in [3.63, 3.8) is 0 Å². The van der Waals surface area contributed by atoms with Crippen molar-refractivity contribution >= 4 is 17.3 Å². The molecule has 0 saturated heterocycles. The summed E-state index contributed by atoms with van der Waals surface area (Å²) in [5.74, 6) is -0.0855. The third-order valence-corrected chi connectivity index (χ3v) is 5.50. The number of ether oxygens (including phenoxy) is 2. The highest BCUT2D eigenvalue weighted by atomic mass is 19.4. The molecule has 11 heteroatoms. The fourth-order valence-corrected chi connectivity index (χ4v) is 3.42. The Labute approximate surface area is 214 Å². The summed E-state index contributed by atoms with van der Waals surface area (Å²) in [6.45, 7) is 4.02. The minimum atomic E-state index is -4.59. The maximum Gasteiger partial charge on any atom is 0.416 e. The number of carbonyl (C=O) groups excluding carboxylic acids is 1. The number of nitrogens with zero attached hydrogens (tertiary/aromatic N) is 1. The molecule has 1 heterocycles. The van der Waals surface area contributed by atoms with E-state index in [0.717, 1.165) is 41.5 Å². The van der Waals surface area contributed by atoms with E-state index in [1.165, 1.54) is 18.2 Å². The second-order valence-electron chi connectivity index (χ2n) is 8.36. The van der Waals surface area contributed by atoms with Gasteiger partial charge in [-0.25, -0.2) is 0 Å². The average molecular weight is 526 g/mol. The number of aryl methyl sites for hydroxylation is 2. The Hall–Kier alpha value is -4.80. The van der Waals surface area contributed by atoms with E-state index >= 15 is 0 Å². The maximum atomic E-state index is 13.0. The molecule has 1 aromatic heterocycles. The molecule has 0 radical (unpaired) electrons. The molecule has 1 amide bonds. The molecule has 0 bridgehead atoms. The first kappa shape index (κ1) is 26.3. The van der Waals surface area contributed by atoms with Crippen LogP contribution in [0.3, 0.4) is 0 Å². The first-order chi connectivity index (χ1) is 18.0. The van der Waals surface area contributed by atoms with Crippen LogP contribution in [0.25, 0.3) is 0 Å². The van der Waals surface area contributed by atoms with Crippen molar-refractivity contribution in [1.82, 2.24) is 0 Å². The van der Waals surface area contributed by atoms with Gasteiger partial charge >= 0.3 is 6.18 Å². The number of anilines is 1. The predicted molar refractivity (Wildman–Crippen MR) is 132 cm³/mol. The fraction of sp³-hybridized carbons (Fsp3) is 0.148. The zero-order valence-corrected chi connectivity index (χ0v) is 20.2. The molecule has 0 fully saturated rings. The van der Waals surface area contributed by atoms with Gasteiger partial charge in [-0.2, -0.15) is 13.2 Å². The van der Waals surface area contributed by atoms with Gasteiger partial charge in [-0.1, -0.05) is 12.1 Å². The molecule has 3 aromatic carbocycles. The van der Waals surface area contributed by atoms with Gasteiger partial charge in [-0.15, -0.1) is 0 Å². The van der Waals surface area contributed by atoms with E-state index in [4.69, 9.17) is 13.9 Å². The molecule has 0 spiro atoms. The van der Waals surface area contributed by atoms with Gasteiger partial charge in [0.1, 0.15) is 29.6 Å². The van der Waals surface area contributed by atoms with Gasteiger partial charge in [0.05, 0.1) is 22.2 Å². The first-order valence-corrected chi connectivity index (χ1v) is 11.2. The van der Waals surface area contributed by atoms with E-state index in [1.807, 2.05) is 32.0 Å². The minimum absolute atomic E-state index is 0.0180. The monoisotopic (exact) mass is 526 g/mol. The van der Waals surface area contributed by atoms with E-state index in [0.29, 0.717) is 11.5 Å². The second kappa shape index (κ2) is 10.7. The number of benzene rings is 3. The van der Waals surface area contributed by atoms with E-state index in [1.54, 1.807) is 6.07 Å². The molecule has 0 aliphatic carbocycles. The van der Waals surface area contributed by atoms with E-state index in [2.05, 4.69) is 5.32 Å². The number of nitro benzene ring substituents is 1. The summed E-state index contributed by atoms with van der Waals surface area (Å²) >= 11 is 0. The van der Waals surface area contributed by atoms with Crippen molar-refractivity contribution in [2.45, 2.75) is 26.6 Å². The van der Waals surface area contributed by atoms with E-state index < -0.39 is 28.3 Å². The lowest BCUT2D eigenvalue weighted by molar-refractivity contribution is -0.384. The highest BCUT2D eigenvalue weighted by molar-refractivity contribution is 6.02. The highest BCUT2D eigenvalue weighted by Crippen LogP contribution is 2.34. The summed E-state index contributed by atoms with van der Waals surface area (Å²) in [7, 11) is 0. The molecule has 0 unspecified atom stereocenters. The van der Waals surface area contributed by atoms with Gasteiger partial charge in [0, 0.05) is 12.1 Å². The first-order valence-electron chi connectivity index (χ1n) is 11.2. The second-order valence-corrected chi connectivity index (χ2v) is 8.36. The summed E-state index contributed by atoms with van der Waals surface area (Å²) in [5, 5.41) is 13.9.